The Morgan fingerprint density at radius 2 is 2.00 bits per heavy atom. The molecule has 132 valence electrons. The van der Waals surface area contributed by atoms with Gasteiger partial charge in [0, 0.05) is 31.3 Å². The molecule has 0 atom stereocenters. The van der Waals surface area contributed by atoms with E-state index in [4.69, 9.17) is 0 Å². The van der Waals surface area contributed by atoms with E-state index in [-0.39, 0.29) is 29.7 Å². The van der Waals surface area contributed by atoms with Crippen LogP contribution < -0.4 is 10.6 Å². The molecule has 2 N–H and O–H groups in total. The van der Waals surface area contributed by atoms with Crippen molar-refractivity contribution in [1.29, 1.82) is 0 Å². The predicted octanol–water partition coefficient (Wildman–Crippen LogP) is 2.43. The normalized spacial score (nSPS) is 11.7. The summed E-state index contributed by atoms with van der Waals surface area (Å²) in [5.74, 6) is 0.868. The highest BCUT2D eigenvalue weighted by atomic mass is 127. The number of aliphatic imine (C=N–C) groups is 1. The second-order valence-corrected chi connectivity index (χ2v) is 8.26. The zero-order valence-corrected chi connectivity index (χ0v) is 18.0. The summed E-state index contributed by atoms with van der Waals surface area (Å²) in [6, 6.07) is 6.38. The molecule has 0 aliphatic rings. The van der Waals surface area contributed by atoms with Gasteiger partial charge in [-0.3, -0.25) is 4.99 Å². The molecule has 5 nitrogen and oxygen atoms in total. The van der Waals surface area contributed by atoms with E-state index in [9.17, 15) is 8.42 Å². The van der Waals surface area contributed by atoms with Gasteiger partial charge in [0.15, 0.2) is 5.96 Å². The lowest BCUT2D eigenvalue weighted by molar-refractivity contribution is 0.598. The number of thioether (sulfide) groups is 1. The maximum Gasteiger partial charge on any atom is 0.191 e. The van der Waals surface area contributed by atoms with Gasteiger partial charge in [0.1, 0.15) is 9.84 Å². The molecule has 0 aliphatic heterocycles. The van der Waals surface area contributed by atoms with E-state index in [1.165, 1.54) is 22.3 Å². The highest BCUT2D eigenvalue weighted by Crippen LogP contribution is 2.21. The highest BCUT2D eigenvalue weighted by Gasteiger charge is 2.05. The second kappa shape index (κ2) is 11.1. The summed E-state index contributed by atoms with van der Waals surface area (Å²) in [6.45, 7) is 3.34. The fourth-order valence-corrected chi connectivity index (χ4v) is 3.31. The first-order chi connectivity index (χ1) is 10.4. The third-order valence-corrected chi connectivity index (χ3v) is 4.95. The zero-order chi connectivity index (χ0) is 16.6. The minimum absolute atomic E-state index is 0. The van der Waals surface area contributed by atoms with Gasteiger partial charge in [-0.2, -0.15) is 0 Å². The lowest BCUT2D eigenvalue weighted by Crippen LogP contribution is -2.37. The quantitative estimate of drug-likeness (QED) is 0.210. The number of halogens is 1. The Morgan fingerprint density at radius 3 is 2.57 bits per heavy atom. The monoisotopic (exact) mass is 471 g/mol. The third kappa shape index (κ3) is 9.41. The van der Waals surface area contributed by atoms with Crippen LogP contribution in [0.3, 0.4) is 0 Å². The number of nitrogens with one attached hydrogen (secondary N) is 2. The predicted molar refractivity (Wildman–Crippen MR) is 111 cm³/mol. The summed E-state index contributed by atoms with van der Waals surface area (Å²) in [4.78, 5) is 5.40. The van der Waals surface area contributed by atoms with Crippen molar-refractivity contribution in [3.05, 3.63) is 29.3 Å². The number of aryl methyl sites for hydroxylation is 1. The Bertz CT molecular complexity index is 619. The van der Waals surface area contributed by atoms with Gasteiger partial charge in [0.25, 0.3) is 0 Å². The van der Waals surface area contributed by atoms with Crippen LogP contribution in [0.25, 0.3) is 0 Å². The lowest BCUT2D eigenvalue weighted by atomic mass is 10.1. The van der Waals surface area contributed by atoms with Crippen LogP contribution in [0.4, 0.5) is 0 Å². The van der Waals surface area contributed by atoms with E-state index in [0.29, 0.717) is 25.5 Å². The van der Waals surface area contributed by atoms with Gasteiger partial charge in [-0.25, -0.2) is 8.42 Å². The van der Waals surface area contributed by atoms with E-state index in [0.717, 1.165) is 0 Å². The Morgan fingerprint density at radius 1 is 1.30 bits per heavy atom. The number of benzene rings is 1. The molecule has 0 spiro atoms. The highest BCUT2D eigenvalue weighted by molar-refractivity contribution is 14.0. The van der Waals surface area contributed by atoms with Crippen molar-refractivity contribution in [2.24, 2.45) is 4.99 Å². The van der Waals surface area contributed by atoms with Crippen molar-refractivity contribution in [1.82, 2.24) is 10.6 Å². The molecule has 0 saturated heterocycles. The first-order valence-corrected chi connectivity index (χ1v) is 10.4. The van der Waals surface area contributed by atoms with E-state index >= 15 is 0 Å². The summed E-state index contributed by atoms with van der Waals surface area (Å²) < 4.78 is 22.2. The van der Waals surface area contributed by atoms with Crippen molar-refractivity contribution in [2.75, 3.05) is 31.9 Å². The number of rotatable bonds is 7. The molecule has 1 rings (SSSR count). The summed E-state index contributed by atoms with van der Waals surface area (Å²) in [5.41, 5.74) is 2.47. The van der Waals surface area contributed by atoms with Crippen molar-refractivity contribution in [3.63, 3.8) is 0 Å². The molecule has 0 saturated carbocycles. The molecular formula is C15H26IN3O2S2. The van der Waals surface area contributed by atoms with E-state index in [2.05, 4.69) is 47.0 Å². The summed E-state index contributed by atoms with van der Waals surface area (Å²) in [7, 11) is -1.20. The molecule has 1 aromatic carbocycles. The van der Waals surface area contributed by atoms with E-state index in [1.807, 2.05) is 0 Å². The molecular weight excluding hydrogens is 445 g/mol. The van der Waals surface area contributed by atoms with Crippen LogP contribution >= 0.6 is 35.7 Å². The molecule has 8 heteroatoms. The summed E-state index contributed by atoms with van der Waals surface area (Å²) in [6.07, 6.45) is 3.89. The Balaban J connectivity index is 0.00000484. The number of guanidine groups is 1. The fraction of sp³-hybridized carbons (Fsp3) is 0.533. The first-order valence-electron chi connectivity index (χ1n) is 7.11. The van der Waals surface area contributed by atoms with Gasteiger partial charge >= 0.3 is 0 Å². The van der Waals surface area contributed by atoms with E-state index in [1.54, 1.807) is 18.8 Å². The molecule has 23 heavy (non-hydrogen) atoms. The molecule has 0 unspecified atom stereocenters. The minimum atomic E-state index is -2.90. The van der Waals surface area contributed by atoms with Crippen LogP contribution in [0.5, 0.6) is 0 Å². The van der Waals surface area contributed by atoms with Crippen LogP contribution in [0, 0.1) is 6.92 Å². The molecule has 0 aromatic heterocycles. The Kier molecular flexibility index (Phi) is 10.9. The summed E-state index contributed by atoms with van der Waals surface area (Å²) in [5, 5.41) is 6.38. The zero-order valence-electron chi connectivity index (χ0n) is 14.0. The molecule has 0 amide bonds. The molecule has 0 heterocycles. The van der Waals surface area contributed by atoms with E-state index < -0.39 is 9.84 Å². The molecule has 0 bridgehead atoms. The average Bonchev–Trinajstić information content (AvgIpc) is 2.46. The van der Waals surface area contributed by atoms with Gasteiger partial charge in [-0.1, -0.05) is 12.1 Å². The van der Waals surface area contributed by atoms with Crippen LogP contribution in [-0.4, -0.2) is 46.2 Å². The molecule has 0 aliphatic carbocycles. The van der Waals surface area contributed by atoms with Crippen molar-refractivity contribution >= 4 is 51.5 Å². The average molecular weight is 471 g/mol. The fourth-order valence-electron chi connectivity index (χ4n) is 1.94. The van der Waals surface area contributed by atoms with Crippen molar-refractivity contribution < 1.29 is 8.42 Å². The Labute approximate surface area is 161 Å². The van der Waals surface area contributed by atoms with Gasteiger partial charge in [0.2, 0.25) is 0 Å². The maximum absolute atomic E-state index is 11.1. The largest absolute Gasteiger partial charge is 0.356 e. The van der Waals surface area contributed by atoms with Crippen molar-refractivity contribution in [2.45, 2.75) is 24.8 Å². The topological polar surface area (TPSA) is 70.6 Å². The lowest BCUT2D eigenvalue weighted by Gasteiger charge is -2.14. The van der Waals surface area contributed by atoms with Gasteiger partial charge in [-0.15, -0.1) is 35.7 Å². The second-order valence-electron chi connectivity index (χ2n) is 5.15. The first kappa shape index (κ1) is 22.5. The number of hydrogen-bond donors (Lipinski definition) is 2. The molecule has 0 radical (unpaired) electrons. The van der Waals surface area contributed by atoms with Gasteiger partial charge in [0.05, 0.1) is 5.75 Å². The SMILES string of the molecule is CN=C(NCCCS(C)(=O)=O)NCc1ccc(C)cc1SC.I. The van der Waals surface area contributed by atoms with Crippen LogP contribution in [0.15, 0.2) is 28.1 Å². The van der Waals surface area contributed by atoms with Crippen LogP contribution in [-0.2, 0) is 16.4 Å². The van der Waals surface area contributed by atoms with Crippen molar-refractivity contribution in [3.8, 4) is 0 Å². The summed E-state index contributed by atoms with van der Waals surface area (Å²) >= 11 is 1.73. The minimum Gasteiger partial charge on any atom is -0.356 e. The standard InChI is InChI=1S/C15H25N3O2S2.HI/c1-12-6-7-13(14(10-12)21-3)11-18-15(16-2)17-8-5-9-22(4,19)20;/h6-7,10H,5,8-9,11H2,1-4H3,(H2,16,17,18);1H. The van der Waals surface area contributed by atoms with Crippen LogP contribution in [0.1, 0.15) is 17.5 Å². The number of hydrogen-bond acceptors (Lipinski definition) is 4. The maximum atomic E-state index is 11.1. The van der Waals surface area contributed by atoms with Gasteiger partial charge < -0.3 is 10.6 Å². The van der Waals surface area contributed by atoms with Crippen LogP contribution in [0.2, 0.25) is 0 Å². The number of sulfone groups is 1. The smallest absolute Gasteiger partial charge is 0.191 e. The molecule has 0 fully saturated rings. The Hall–Kier alpha value is -0.480. The third-order valence-electron chi connectivity index (χ3n) is 3.10. The molecule has 1 aromatic rings. The van der Waals surface area contributed by atoms with Gasteiger partial charge in [-0.05, 0) is 36.8 Å². The number of nitrogens with zero attached hydrogens (tertiary/aromatic N) is 1.